The van der Waals surface area contributed by atoms with Gasteiger partial charge in [-0.2, -0.15) is 0 Å². The largest absolute Gasteiger partial charge is 0.466 e. The van der Waals surface area contributed by atoms with Gasteiger partial charge in [0.05, 0.1) is 0 Å². The number of rotatable bonds is 8. The van der Waals surface area contributed by atoms with E-state index in [1.165, 1.54) is 0 Å². The first-order valence-corrected chi connectivity index (χ1v) is 16.0. The first kappa shape index (κ1) is 29.1. The summed E-state index contributed by atoms with van der Waals surface area (Å²) in [6.07, 6.45) is -0.293. The number of piperazine rings is 2. The molecule has 2 fully saturated rings. The van der Waals surface area contributed by atoms with E-state index in [-0.39, 0.29) is 24.3 Å². The summed E-state index contributed by atoms with van der Waals surface area (Å²) in [7, 11) is 4.37. The van der Waals surface area contributed by atoms with Crippen LogP contribution >= 0.6 is 0 Å². The van der Waals surface area contributed by atoms with E-state index in [0.29, 0.717) is 11.8 Å². The van der Waals surface area contributed by atoms with Crippen molar-refractivity contribution in [2.24, 2.45) is 9.98 Å². The zero-order chi connectivity index (χ0) is 29.9. The van der Waals surface area contributed by atoms with E-state index < -0.39 is 0 Å². The maximum Gasteiger partial charge on any atom is 0.236 e. The highest BCUT2D eigenvalue weighted by Gasteiger charge is 2.37. The van der Waals surface area contributed by atoms with Crippen molar-refractivity contribution in [3.63, 3.8) is 0 Å². The van der Waals surface area contributed by atoms with Crippen LogP contribution in [0.15, 0.2) is 88.8 Å². The molecule has 44 heavy (non-hydrogen) atoms. The van der Waals surface area contributed by atoms with Crippen LogP contribution in [0.1, 0.15) is 34.7 Å². The molecule has 1 aromatic heterocycles. The second-order valence-electron chi connectivity index (χ2n) is 12.5. The predicted octanol–water partition coefficient (Wildman–Crippen LogP) is 3.35. The van der Waals surface area contributed by atoms with Crippen molar-refractivity contribution in [2.75, 3.05) is 79.5 Å². The van der Waals surface area contributed by atoms with Gasteiger partial charge in [-0.1, -0.05) is 66.7 Å². The van der Waals surface area contributed by atoms with Crippen LogP contribution in [-0.2, 0) is 9.47 Å². The predicted molar refractivity (Wildman–Crippen MR) is 173 cm³/mol. The molecule has 230 valence electrons. The van der Waals surface area contributed by atoms with Gasteiger partial charge in [0.25, 0.3) is 0 Å². The van der Waals surface area contributed by atoms with Gasteiger partial charge in [-0.15, -0.1) is 0 Å². The van der Waals surface area contributed by atoms with Gasteiger partial charge in [0, 0.05) is 65.4 Å². The molecule has 0 N–H and O–H groups in total. The SMILES string of the molecule is CN1CCN(C[C@@H]2N=C(c3cccc(C4=N[C@@H](CN5CCN(C)CC5)[C@H](c5ccccc5)O4)n3)O[C@H]2c2ccccc2)CC1. The van der Waals surface area contributed by atoms with E-state index >= 15 is 0 Å². The number of aromatic nitrogens is 1. The molecule has 5 heterocycles. The zero-order valence-electron chi connectivity index (χ0n) is 25.8. The van der Waals surface area contributed by atoms with E-state index in [9.17, 15) is 0 Å². The molecule has 0 aliphatic carbocycles. The van der Waals surface area contributed by atoms with E-state index in [1.54, 1.807) is 0 Å². The number of likely N-dealkylation sites (N-methyl/N-ethyl adjacent to an activating group) is 2. The first-order chi connectivity index (χ1) is 21.6. The van der Waals surface area contributed by atoms with Crippen LogP contribution in [0.25, 0.3) is 0 Å². The van der Waals surface area contributed by atoms with E-state index in [4.69, 9.17) is 24.4 Å². The fraction of sp³-hybridized carbons (Fsp3) is 0.457. The highest BCUT2D eigenvalue weighted by atomic mass is 16.5. The minimum atomic E-state index is -0.146. The maximum atomic E-state index is 6.61. The van der Waals surface area contributed by atoms with Crippen LogP contribution in [0.2, 0.25) is 0 Å². The van der Waals surface area contributed by atoms with Gasteiger partial charge in [-0.05, 0) is 37.4 Å². The third-order valence-electron chi connectivity index (χ3n) is 9.27. The van der Waals surface area contributed by atoms with Crippen molar-refractivity contribution < 1.29 is 9.47 Å². The first-order valence-electron chi connectivity index (χ1n) is 16.0. The second-order valence-corrected chi connectivity index (χ2v) is 12.5. The van der Waals surface area contributed by atoms with E-state index in [0.717, 1.165) is 88.0 Å². The Morgan fingerprint density at radius 3 is 1.36 bits per heavy atom. The second kappa shape index (κ2) is 13.2. The summed E-state index contributed by atoms with van der Waals surface area (Å²) in [5.41, 5.74) is 3.72. The minimum absolute atomic E-state index is 0.00300. The van der Waals surface area contributed by atoms with Crippen LogP contribution in [0.3, 0.4) is 0 Å². The third kappa shape index (κ3) is 6.56. The Labute approximate surface area is 260 Å². The molecule has 4 aliphatic heterocycles. The lowest BCUT2D eigenvalue weighted by atomic mass is 10.0. The molecule has 0 saturated carbocycles. The quantitative estimate of drug-likeness (QED) is 0.397. The molecule has 0 unspecified atom stereocenters. The Morgan fingerprint density at radius 2 is 0.955 bits per heavy atom. The summed E-state index contributed by atoms with van der Waals surface area (Å²) in [5.74, 6) is 1.18. The Hall–Kier alpha value is -3.63. The molecule has 9 nitrogen and oxygen atoms in total. The fourth-order valence-electron chi connectivity index (χ4n) is 6.55. The normalized spacial score (nSPS) is 27.0. The van der Waals surface area contributed by atoms with Gasteiger partial charge >= 0.3 is 0 Å². The zero-order valence-corrected chi connectivity index (χ0v) is 25.8. The Kier molecular flexibility index (Phi) is 8.70. The Morgan fingerprint density at radius 1 is 0.545 bits per heavy atom. The number of nitrogens with zero attached hydrogens (tertiary/aromatic N) is 7. The number of pyridine rings is 1. The fourth-order valence-corrected chi connectivity index (χ4v) is 6.55. The summed E-state index contributed by atoms with van der Waals surface area (Å²) < 4.78 is 13.2. The smallest absolute Gasteiger partial charge is 0.236 e. The molecule has 4 aliphatic rings. The van der Waals surface area contributed by atoms with Gasteiger partial charge in [0.15, 0.2) is 0 Å². The van der Waals surface area contributed by atoms with Gasteiger partial charge in [0.1, 0.15) is 35.7 Å². The molecule has 2 aromatic carbocycles. The lowest BCUT2D eigenvalue weighted by molar-refractivity contribution is 0.119. The van der Waals surface area contributed by atoms with Crippen molar-refractivity contribution >= 4 is 11.8 Å². The summed E-state index contributed by atoms with van der Waals surface area (Å²) in [6.45, 7) is 10.2. The highest BCUT2D eigenvalue weighted by molar-refractivity contribution is 5.97. The lowest BCUT2D eigenvalue weighted by Crippen LogP contribution is -2.47. The number of aliphatic imine (C=N–C) groups is 2. The topological polar surface area (TPSA) is 69.0 Å². The molecule has 9 heteroatoms. The van der Waals surface area contributed by atoms with Crippen LogP contribution < -0.4 is 0 Å². The van der Waals surface area contributed by atoms with Crippen LogP contribution in [0.4, 0.5) is 0 Å². The molecule has 0 bridgehead atoms. The van der Waals surface area contributed by atoms with Gasteiger partial charge in [-0.25, -0.2) is 15.0 Å². The monoisotopic (exact) mass is 593 g/mol. The van der Waals surface area contributed by atoms with Crippen LogP contribution in [-0.4, -0.2) is 128 Å². The van der Waals surface area contributed by atoms with Crippen molar-refractivity contribution in [2.45, 2.75) is 24.3 Å². The van der Waals surface area contributed by atoms with E-state index in [2.05, 4.69) is 82.2 Å². The third-order valence-corrected chi connectivity index (χ3v) is 9.27. The van der Waals surface area contributed by atoms with Crippen molar-refractivity contribution in [3.05, 3.63) is 101 Å². The number of hydrogen-bond donors (Lipinski definition) is 0. The van der Waals surface area contributed by atoms with Crippen molar-refractivity contribution in [3.8, 4) is 0 Å². The number of ether oxygens (including phenoxy) is 2. The Balaban J connectivity index is 1.13. The van der Waals surface area contributed by atoms with Gasteiger partial charge < -0.3 is 19.3 Å². The van der Waals surface area contributed by atoms with Gasteiger partial charge in [-0.3, -0.25) is 9.80 Å². The molecular weight excluding hydrogens is 550 g/mol. The van der Waals surface area contributed by atoms with Crippen LogP contribution in [0.5, 0.6) is 0 Å². The molecule has 2 saturated heterocycles. The van der Waals surface area contributed by atoms with Crippen molar-refractivity contribution in [1.82, 2.24) is 24.6 Å². The average molecular weight is 594 g/mol. The molecule has 3 aromatic rings. The summed E-state index contributed by atoms with van der Waals surface area (Å²) >= 11 is 0. The molecule has 0 spiro atoms. The summed E-state index contributed by atoms with van der Waals surface area (Å²) in [5, 5.41) is 0. The summed E-state index contributed by atoms with van der Waals surface area (Å²) in [6, 6.07) is 26.9. The minimum Gasteiger partial charge on any atom is -0.466 e. The molecule has 7 rings (SSSR count). The van der Waals surface area contributed by atoms with Crippen LogP contribution in [0, 0.1) is 0 Å². The maximum absolute atomic E-state index is 6.61. The molecule has 0 radical (unpaired) electrons. The number of hydrogen-bond acceptors (Lipinski definition) is 9. The average Bonchev–Trinajstić information content (AvgIpc) is 3.69. The van der Waals surface area contributed by atoms with Gasteiger partial charge in [0.2, 0.25) is 11.8 Å². The molecule has 4 atom stereocenters. The van der Waals surface area contributed by atoms with E-state index in [1.807, 2.05) is 30.3 Å². The number of benzene rings is 2. The highest BCUT2D eigenvalue weighted by Crippen LogP contribution is 2.34. The Bertz CT molecular complexity index is 1340. The summed E-state index contributed by atoms with van der Waals surface area (Å²) in [4.78, 5) is 25.1. The molecule has 0 amide bonds. The molecular formula is C35H43N7O2. The lowest BCUT2D eigenvalue weighted by Gasteiger charge is -2.34. The van der Waals surface area contributed by atoms with Crippen molar-refractivity contribution in [1.29, 1.82) is 0 Å². The standard InChI is InChI=1S/C35H43N7O2/c1-39-16-20-41(21-17-39)24-30-32(26-10-5-3-6-11-26)43-34(37-30)28-14-9-15-29(36-28)35-38-31(25-42-22-18-40(2)19-23-42)33(44-35)27-12-7-4-8-13-27/h3-15,30-33H,16-25H2,1-2H3/t30-,31-,32-,33-/m0/s1.